The molecule has 0 atom stereocenters. The molecular formula is C16H22FNO3. The second-order valence-electron chi connectivity index (χ2n) is 6.49. The summed E-state index contributed by atoms with van der Waals surface area (Å²) in [7, 11) is 0. The summed E-state index contributed by atoms with van der Waals surface area (Å²) in [5.74, 6) is 0.00504. The lowest BCUT2D eigenvalue weighted by molar-refractivity contribution is -0.176. The Bertz CT molecular complexity index is 519. The van der Waals surface area contributed by atoms with Gasteiger partial charge in [0.2, 0.25) is 0 Å². The molecule has 0 unspecified atom stereocenters. The Morgan fingerprint density at radius 1 is 1.33 bits per heavy atom. The summed E-state index contributed by atoms with van der Waals surface area (Å²) in [5, 5.41) is 10.2. The fourth-order valence-electron chi connectivity index (χ4n) is 2.35. The van der Waals surface area contributed by atoms with Crippen molar-refractivity contribution >= 4 is 5.91 Å². The average molecular weight is 295 g/mol. The van der Waals surface area contributed by atoms with Gasteiger partial charge in [-0.2, -0.15) is 0 Å². The molecule has 1 saturated heterocycles. The van der Waals surface area contributed by atoms with E-state index in [9.17, 15) is 14.3 Å². The molecule has 0 saturated carbocycles. The highest BCUT2D eigenvalue weighted by molar-refractivity contribution is 5.85. The van der Waals surface area contributed by atoms with Crippen LogP contribution >= 0.6 is 0 Å². The van der Waals surface area contributed by atoms with E-state index in [2.05, 4.69) is 0 Å². The van der Waals surface area contributed by atoms with E-state index in [1.54, 1.807) is 18.7 Å². The van der Waals surface area contributed by atoms with Crippen LogP contribution in [0, 0.1) is 11.7 Å². The predicted octanol–water partition coefficient (Wildman–Crippen LogP) is 2.21. The van der Waals surface area contributed by atoms with Crippen molar-refractivity contribution in [2.45, 2.75) is 38.9 Å². The van der Waals surface area contributed by atoms with E-state index in [4.69, 9.17) is 4.74 Å². The number of carbonyl (C=O) groups is 1. The number of nitrogens with zero attached hydrogens (tertiary/aromatic N) is 1. The number of benzene rings is 1. The molecule has 0 aromatic heterocycles. The van der Waals surface area contributed by atoms with Crippen molar-refractivity contribution in [1.82, 2.24) is 4.90 Å². The van der Waals surface area contributed by atoms with Crippen LogP contribution in [0.2, 0.25) is 0 Å². The molecule has 0 aliphatic carbocycles. The number of hydrogen-bond donors (Lipinski definition) is 1. The smallest absolute Gasteiger partial charge is 0.266 e. The van der Waals surface area contributed by atoms with Crippen LogP contribution in [0.25, 0.3) is 0 Å². The number of hydrogen-bond acceptors (Lipinski definition) is 3. The van der Waals surface area contributed by atoms with Gasteiger partial charge in [0.05, 0.1) is 13.1 Å². The molecule has 1 aromatic carbocycles. The number of β-amino-alcohol motifs (C(OH)–C–C–N with tert-alkyl or cyclic N) is 1. The predicted molar refractivity (Wildman–Crippen MR) is 77.5 cm³/mol. The zero-order chi connectivity index (χ0) is 15.8. The van der Waals surface area contributed by atoms with Crippen LogP contribution in [-0.4, -0.2) is 40.2 Å². The van der Waals surface area contributed by atoms with E-state index in [0.29, 0.717) is 18.8 Å². The van der Waals surface area contributed by atoms with Crippen LogP contribution in [0.4, 0.5) is 4.39 Å². The highest BCUT2D eigenvalue weighted by atomic mass is 19.1. The first-order valence-corrected chi connectivity index (χ1v) is 7.10. The molecule has 4 nitrogen and oxygen atoms in total. The van der Waals surface area contributed by atoms with Crippen LogP contribution in [0.5, 0.6) is 5.75 Å². The minimum atomic E-state index is -1.06. The molecule has 5 heteroatoms. The fraction of sp³-hybridized carbons (Fsp3) is 0.562. The van der Waals surface area contributed by atoms with Gasteiger partial charge in [0.15, 0.2) is 5.60 Å². The summed E-state index contributed by atoms with van der Waals surface area (Å²) in [6.07, 6.45) is 0. The van der Waals surface area contributed by atoms with Gasteiger partial charge in [0.1, 0.15) is 17.2 Å². The first-order valence-electron chi connectivity index (χ1n) is 7.10. The van der Waals surface area contributed by atoms with E-state index in [1.165, 1.54) is 24.3 Å². The monoisotopic (exact) mass is 295 g/mol. The Kier molecular flexibility index (Phi) is 3.97. The second kappa shape index (κ2) is 5.30. The molecule has 1 aromatic rings. The Labute approximate surface area is 124 Å². The fourth-order valence-corrected chi connectivity index (χ4v) is 2.35. The van der Waals surface area contributed by atoms with E-state index < -0.39 is 11.2 Å². The van der Waals surface area contributed by atoms with E-state index >= 15 is 0 Å². The molecule has 2 rings (SSSR count). The van der Waals surface area contributed by atoms with Crippen molar-refractivity contribution in [3.63, 3.8) is 0 Å². The van der Waals surface area contributed by atoms with Crippen molar-refractivity contribution in [2.24, 2.45) is 5.92 Å². The molecule has 0 spiro atoms. The second-order valence-corrected chi connectivity index (χ2v) is 6.49. The van der Waals surface area contributed by atoms with Crippen molar-refractivity contribution in [3.8, 4) is 5.75 Å². The Morgan fingerprint density at radius 2 is 1.86 bits per heavy atom. The number of halogens is 1. The van der Waals surface area contributed by atoms with E-state index in [1.807, 2.05) is 13.8 Å². The zero-order valence-corrected chi connectivity index (χ0v) is 12.9. The van der Waals surface area contributed by atoms with Crippen LogP contribution in [-0.2, 0) is 4.79 Å². The van der Waals surface area contributed by atoms with Gasteiger partial charge in [-0.3, -0.25) is 4.79 Å². The van der Waals surface area contributed by atoms with Gasteiger partial charge < -0.3 is 14.7 Å². The molecule has 116 valence electrons. The largest absolute Gasteiger partial charge is 0.478 e. The molecular weight excluding hydrogens is 273 g/mol. The maximum Gasteiger partial charge on any atom is 0.266 e. The first kappa shape index (κ1) is 15.8. The number of amides is 1. The number of aliphatic hydroxyl groups is 1. The van der Waals surface area contributed by atoms with Crippen LogP contribution < -0.4 is 4.74 Å². The summed E-state index contributed by atoms with van der Waals surface area (Å²) in [6.45, 7) is 7.85. The highest BCUT2D eigenvalue weighted by Gasteiger charge is 2.49. The van der Waals surface area contributed by atoms with Crippen molar-refractivity contribution in [1.29, 1.82) is 0 Å². The van der Waals surface area contributed by atoms with Gasteiger partial charge in [0.25, 0.3) is 5.91 Å². The third-order valence-corrected chi connectivity index (χ3v) is 3.99. The summed E-state index contributed by atoms with van der Waals surface area (Å²) in [4.78, 5) is 14.0. The van der Waals surface area contributed by atoms with Gasteiger partial charge in [0, 0.05) is 0 Å². The Morgan fingerprint density at radius 3 is 2.33 bits per heavy atom. The van der Waals surface area contributed by atoms with Crippen molar-refractivity contribution in [2.75, 3.05) is 13.1 Å². The summed E-state index contributed by atoms with van der Waals surface area (Å²) in [6, 6.07) is 5.56. The molecule has 1 amide bonds. The van der Waals surface area contributed by atoms with Gasteiger partial charge in [-0.1, -0.05) is 13.8 Å². The molecule has 1 fully saturated rings. The highest BCUT2D eigenvalue weighted by Crippen LogP contribution is 2.31. The molecule has 1 aliphatic heterocycles. The van der Waals surface area contributed by atoms with Crippen LogP contribution in [0.15, 0.2) is 24.3 Å². The molecule has 1 heterocycles. The maximum atomic E-state index is 12.9. The van der Waals surface area contributed by atoms with Gasteiger partial charge in [-0.15, -0.1) is 0 Å². The summed E-state index contributed by atoms with van der Waals surface area (Å²) in [5.41, 5.74) is -1.86. The molecule has 1 aliphatic rings. The third-order valence-electron chi connectivity index (χ3n) is 3.99. The quantitative estimate of drug-likeness (QED) is 0.926. The van der Waals surface area contributed by atoms with Crippen LogP contribution in [0.1, 0.15) is 27.7 Å². The normalized spacial score (nSPS) is 17.6. The van der Waals surface area contributed by atoms with Gasteiger partial charge in [-0.25, -0.2) is 4.39 Å². The molecule has 0 bridgehead atoms. The van der Waals surface area contributed by atoms with Gasteiger partial charge >= 0.3 is 0 Å². The third kappa shape index (κ3) is 3.18. The maximum absolute atomic E-state index is 12.9. The zero-order valence-electron chi connectivity index (χ0n) is 12.9. The van der Waals surface area contributed by atoms with Gasteiger partial charge in [-0.05, 0) is 44.0 Å². The topological polar surface area (TPSA) is 49.8 Å². The summed E-state index contributed by atoms with van der Waals surface area (Å²) >= 11 is 0. The Hall–Kier alpha value is -1.62. The number of ether oxygens (including phenoxy) is 1. The first-order chi connectivity index (χ1) is 9.64. The van der Waals surface area contributed by atoms with E-state index in [-0.39, 0.29) is 17.6 Å². The lowest BCUT2D eigenvalue weighted by Crippen LogP contribution is -2.69. The lowest BCUT2D eigenvalue weighted by atomic mass is 9.82. The average Bonchev–Trinajstić information content (AvgIpc) is 2.36. The SMILES string of the molecule is CC(C)C1(O)CN(C(=O)C(C)(C)Oc2ccc(F)cc2)C1. The minimum absolute atomic E-state index is 0.0997. The molecule has 0 radical (unpaired) electrons. The number of rotatable bonds is 4. The van der Waals surface area contributed by atoms with Crippen molar-refractivity contribution in [3.05, 3.63) is 30.1 Å². The standard InChI is InChI=1S/C16H22FNO3/c1-11(2)16(20)9-18(10-16)14(19)15(3,4)21-13-7-5-12(17)6-8-13/h5-8,11,20H,9-10H2,1-4H3. The number of likely N-dealkylation sites (tertiary alicyclic amines) is 1. The Balaban J connectivity index is 2.00. The molecule has 21 heavy (non-hydrogen) atoms. The summed E-state index contributed by atoms with van der Waals surface area (Å²) < 4.78 is 18.5. The van der Waals surface area contributed by atoms with Crippen LogP contribution in [0.3, 0.4) is 0 Å². The molecule has 1 N–H and O–H groups in total. The minimum Gasteiger partial charge on any atom is -0.478 e. The lowest BCUT2D eigenvalue weighted by Gasteiger charge is -2.50. The van der Waals surface area contributed by atoms with E-state index in [0.717, 1.165) is 0 Å². The van der Waals surface area contributed by atoms with Crippen molar-refractivity contribution < 1.29 is 19.0 Å². The number of carbonyl (C=O) groups excluding carboxylic acids is 1.